The van der Waals surface area contributed by atoms with Gasteiger partial charge in [0, 0.05) is 18.0 Å². The molecule has 1 fully saturated rings. The number of halogens is 2. The number of nitrogens with zero attached hydrogens (tertiary/aromatic N) is 2. The Bertz CT molecular complexity index is 993. The summed E-state index contributed by atoms with van der Waals surface area (Å²) in [5, 5.41) is 5.34. The van der Waals surface area contributed by atoms with Gasteiger partial charge in [0.2, 0.25) is 5.91 Å². The number of rotatable bonds is 3. The number of nitrogens with one attached hydrogen (secondary N) is 1. The van der Waals surface area contributed by atoms with E-state index in [1.165, 1.54) is 4.88 Å². The Morgan fingerprint density at radius 3 is 2.79 bits per heavy atom. The molecule has 1 N–H and O–H groups in total. The Hall–Kier alpha value is -2.09. The molecule has 146 valence electrons. The highest BCUT2D eigenvalue weighted by Gasteiger charge is 2.50. The largest absolute Gasteiger partial charge is 0.336 e. The number of hydrogen-bond donors (Lipinski definition) is 1. The molecule has 0 aliphatic carbocycles. The van der Waals surface area contributed by atoms with Crippen molar-refractivity contribution in [1.82, 2.24) is 15.1 Å². The molecule has 4 rings (SSSR count). The number of thiophene rings is 1. The summed E-state index contributed by atoms with van der Waals surface area (Å²) in [7, 11) is 0. The zero-order valence-corrected chi connectivity index (χ0v) is 17.3. The zero-order chi connectivity index (χ0) is 20.1. The third kappa shape index (κ3) is 3.17. The monoisotopic (exact) mass is 437 g/mol. The zero-order valence-electron chi connectivity index (χ0n) is 15.0. The van der Waals surface area contributed by atoms with E-state index in [9.17, 15) is 14.4 Å². The summed E-state index contributed by atoms with van der Waals surface area (Å²) in [5.74, 6) is -0.740. The van der Waals surface area contributed by atoms with Crippen molar-refractivity contribution >= 4 is 52.4 Å². The second-order valence-electron chi connectivity index (χ2n) is 7.01. The molecule has 9 heteroatoms. The number of amides is 4. The van der Waals surface area contributed by atoms with Crippen LogP contribution in [0.4, 0.5) is 4.79 Å². The number of carbonyl (C=O) groups excluding carboxylic acids is 3. The normalized spacial score (nSPS) is 21.7. The highest BCUT2D eigenvalue weighted by molar-refractivity contribution is 7.10. The van der Waals surface area contributed by atoms with E-state index in [4.69, 9.17) is 23.2 Å². The maximum absolute atomic E-state index is 13.0. The summed E-state index contributed by atoms with van der Waals surface area (Å²) in [6.45, 7) is 2.39. The van der Waals surface area contributed by atoms with Gasteiger partial charge in [-0.2, -0.15) is 0 Å². The number of urea groups is 1. The van der Waals surface area contributed by atoms with Crippen molar-refractivity contribution in [3.8, 4) is 0 Å². The fourth-order valence-electron chi connectivity index (χ4n) is 3.54. The molecule has 1 unspecified atom stereocenters. The smallest absolute Gasteiger partial charge is 0.325 e. The summed E-state index contributed by atoms with van der Waals surface area (Å²) in [6, 6.07) is 6.18. The lowest BCUT2D eigenvalue weighted by Gasteiger charge is -2.28. The van der Waals surface area contributed by atoms with Crippen LogP contribution >= 0.6 is 34.5 Å². The van der Waals surface area contributed by atoms with Crippen molar-refractivity contribution in [1.29, 1.82) is 0 Å². The number of benzene rings is 1. The summed E-state index contributed by atoms with van der Waals surface area (Å²) < 4.78 is 0. The lowest BCUT2D eigenvalue weighted by Crippen LogP contribution is -2.45. The summed E-state index contributed by atoms with van der Waals surface area (Å²) in [5.41, 5.74) is 0.340. The van der Waals surface area contributed by atoms with Gasteiger partial charge in [0.15, 0.2) is 0 Å². The van der Waals surface area contributed by atoms with Crippen LogP contribution < -0.4 is 5.32 Å². The molecule has 1 aromatic carbocycles. The third-order valence-corrected chi connectivity index (χ3v) is 6.99. The minimum absolute atomic E-state index is 0.251. The van der Waals surface area contributed by atoms with Crippen molar-refractivity contribution in [3.63, 3.8) is 0 Å². The van der Waals surface area contributed by atoms with Crippen LogP contribution in [-0.2, 0) is 28.1 Å². The van der Waals surface area contributed by atoms with Crippen LogP contribution in [-0.4, -0.2) is 40.7 Å². The van der Waals surface area contributed by atoms with Crippen molar-refractivity contribution in [2.24, 2.45) is 0 Å². The number of hydrogen-bond acceptors (Lipinski definition) is 4. The lowest BCUT2D eigenvalue weighted by molar-refractivity contribution is -0.139. The molecule has 2 aliphatic heterocycles. The Labute approximate surface area is 176 Å². The van der Waals surface area contributed by atoms with Gasteiger partial charge in [0.25, 0.3) is 5.91 Å². The van der Waals surface area contributed by atoms with E-state index in [2.05, 4.69) is 5.32 Å². The highest BCUT2D eigenvalue weighted by atomic mass is 35.5. The Morgan fingerprint density at radius 1 is 1.25 bits per heavy atom. The number of imide groups is 1. The summed E-state index contributed by atoms with van der Waals surface area (Å²) in [6.07, 6.45) is 0.792. The van der Waals surface area contributed by atoms with Crippen LogP contribution in [0.25, 0.3) is 0 Å². The third-order valence-electron chi connectivity index (χ3n) is 5.23. The quantitative estimate of drug-likeness (QED) is 0.747. The van der Waals surface area contributed by atoms with E-state index in [1.807, 2.05) is 11.4 Å². The van der Waals surface area contributed by atoms with Gasteiger partial charge in [-0.1, -0.05) is 29.3 Å². The van der Waals surface area contributed by atoms with Crippen LogP contribution in [0.1, 0.15) is 22.9 Å². The predicted molar refractivity (Wildman–Crippen MR) is 107 cm³/mol. The lowest BCUT2D eigenvalue weighted by atomic mass is 9.92. The molecule has 2 aliphatic rings. The van der Waals surface area contributed by atoms with Crippen molar-refractivity contribution < 1.29 is 14.4 Å². The molecule has 1 saturated heterocycles. The molecule has 1 aromatic heterocycles. The number of carbonyl (C=O) groups is 3. The van der Waals surface area contributed by atoms with Gasteiger partial charge in [-0.15, -0.1) is 11.3 Å². The van der Waals surface area contributed by atoms with Crippen LogP contribution in [0.5, 0.6) is 0 Å². The first-order valence-electron chi connectivity index (χ1n) is 8.72. The topological polar surface area (TPSA) is 69.7 Å². The average molecular weight is 438 g/mol. The van der Waals surface area contributed by atoms with Gasteiger partial charge in [-0.3, -0.25) is 14.5 Å². The molecule has 2 aromatic rings. The number of fused-ring (bicyclic) bond motifs is 1. The molecular weight excluding hydrogens is 421 g/mol. The first-order chi connectivity index (χ1) is 13.3. The van der Waals surface area contributed by atoms with Gasteiger partial charge in [-0.25, -0.2) is 4.79 Å². The van der Waals surface area contributed by atoms with Crippen molar-refractivity contribution in [2.75, 3.05) is 13.1 Å². The van der Waals surface area contributed by atoms with Gasteiger partial charge >= 0.3 is 6.03 Å². The summed E-state index contributed by atoms with van der Waals surface area (Å²) in [4.78, 5) is 42.1. The Kier molecular flexibility index (Phi) is 4.85. The molecule has 4 amide bonds. The van der Waals surface area contributed by atoms with E-state index in [0.717, 1.165) is 16.9 Å². The van der Waals surface area contributed by atoms with Crippen LogP contribution in [0.2, 0.25) is 10.0 Å². The van der Waals surface area contributed by atoms with Gasteiger partial charge in [-0.05, 0) is 48.1 Å². The molecular formula is C19H17Cl2N3O3S. The molecule has 0 saturated carbocycles. The Morgan fingerprint density at radius 2 is 2.04 bits per heavy atom. The molecule has 0 radical (unpaired) electrons. The molecule has 6 nitrogen and oxygen atoms in total. The van der Waals surface area contributed by atoms with Crippen molar-refractivity contribution in [2.45, 2.75) is 25.4 Å². The van der Waals surface area contributed by atoms with E-state index >= 15 is 0 Å². The first kappa shape index (κ1) is 19.2. The molecule has 3 heterocycles. The SMILES string of the molecule is CC1(c2ccc(Cl)c(Cl)c2)NC(=O)N(CC(=O)N2CCc3sccc3C2)C1=O. The summed E-state index contributed by atoms with van der Waals surface area (Å²) >= 11 is 13.7. The standard InChI is InChI=1S/C19H17Cl2N3O3S/c1-19(12-2-3-13(20)14(21)8-12)17(26)24(18(27)22-19)10-16(25)23-6-4-15-11(9-23)5-7-28-15/h2-3,5,7-8H,4,6,9-10H2,1H3,(H,22,27). The van der Waals surface area contributed by atoms with E-state index < -0.39 is 17.5 Å². The molecule has 1 atom stereocenters. The predicted octanol–water partition coefficient (Wildman–Crippen LogP) is 3.41. The van der Waals surface area contributed by atoms with Crippen LogP contribution in [0.15, 0.2) is 29.6 Å². The minimum atomic E-state index is -1.30. The van der Waals surface area contributed by atoms with E-state index in [1.54, 1.807) is 41.4 Å². The van der Waals surface area contributed by atoms with E-state index in [0.29, 0.717) is 23.7 Å². The van der Waals surface area contributed by atoms with Crippen molar-refractivity contribution in [3.05, 3.63) is 55.7 Å². The first-order valence-corrected chi connectivity index (χ1v) is 10.4. The second kappa shape index (κ2) is 7.06. The minimum Gasteiger partial charge on any atom is -0.336 e. The van der Waals surface area contributed by atoms with E-state index in [-0.39, 0.29) is 17.5 Å². The maximum atomic E-state index is 13.0. The second-order valence-corrected chi connectivity index (χ2v) is 8.82. The average Bonchev–Trinajstić information content (AvgIpc) is 3.22. The van der Waals surface area contributed by atoms with Crippen LogP contribution in [0.3, 0.4) is 0 Å². The molecule has 28 heavy (non-hydrogen) atoms. The Balaban J connectivity index is 1.51. The molecule has 0 bridgehead atoms. The van der Waals surface area contributed by atoms with Gasteiger partial charge in [0.05, 0.1) is 10.0 Å². The van der Waals surface area contributed by atoms with Crippen LogP contribution in [0, 0.1) is 0 Å². The highest BCUT2D eigenvalue weighted by Crippen LogP contribution is 2.33. The fraction of sp³-hybridized carbons (Fsp3) is 0.316. The van der Waals surface area contributed by atoms with Gasteiger partial charge < -0.3 is 10.2 Å². The fourth-order valence-corrected chi connectivity index (χ4v) is 4.73. The maximum Gasteiger partial charge on any atom is 0.325 e. The van der Waals surface area contributed by atoms with Gasteiger partial charge in [0.1, 0.15) is 12.1 Å². The molecule has 0 spiro atoms.